The third kappa shape index (κ3) is 4.53. The lowest BCUT2D eigenvalue weighted by Crippen LogP contribution is -2.48. The average Bonchev–Trinajstić information content (AvgIpc) is 3.04. The maximum atomic E-state index is 4.63. The van der Waals surface area contributed by atoms with E-state index in [1.54, 1.807) is 0 Å². The molecule has 134 valence electrons. The van der Waals surface area contributed by atoms with E-state index in [1.807, 2.05) is 20.0 Å². The van der Waals surface area contributed by atoms with Crippen molar-refractivity contribution in [3.8, 4) is 0 Å². The van der Waals surface area contributed by atoms with Gasteiger partial charge in [-0.2, -0.15) is 0 Å². The molecule has 1 aliphatic rings. The van der Waals surface area contributed by atoms with Gasteiger partial charge in [0.15, 0.2) is 5.96 Å². The van der Waals surface area contributed by atoms with E-state index >= 15 is 0 Å². The van der Waals surface area contributed by atoms with Crippen LogP contribution < -0.4 is 15.5 Å². The summed E-state index contributed by atoms with van der Waals surface area (Å²) in [4.78, 5) is 11.4. The number of hydrogen-bond acceptors (Lipinski definition) is 3. The van der Waals surface area contributed by atoms with Crippen LogP contribution in [0.4, 0.5) is 5.82 Å². The SMILES string of the molecule is CN=C(NCc1cccn1C)NC1CCN(c2cccc(C)n2)CC1. The van der Waals surface area contributed by atoms with Gasteiger partial charge in [-0.05, 0) is 44.0 Å². The standard InChI is InChI=1S/C19H28N6/c1-15-6-4-8-18(22-15)25-12-9-16(10-13-25)23-19(20-2)21-14-17-7-5-11-24(17)3/h4-8,11,16H,9-10,12-14H2,1-3H3,(H2,20,21,23). The molecule has 0 unspecified atom stereocenters. The molecule has 6 heteroatoms. The number of hydrogen-bond donors (Lipinski definition) is 2. The first-order valence-electron chi connectivity index (χ1n) is 8.91. The Balaban J connectivity index is 1.48. The second kappa shape index (κ2) is 8.05. The Kier molecular flexibility index (Phi) is 5.58. The molecule has 6 nitrogen and oxygen atoms in total. The summed E-state index contributed by atoms with van der Waals surface area (Å²) in [6.45, 7) is 4.85. The Hall–Kier alpha value is -2.50. The molecule has 1 fully saturated rings. The smallest absolute Gasteiger partial charge is 0.191 e. The van der Waals surface area contributed by atoms with E-state index in [0.29, 0.717) is 6.04 Å². The number of rotatable bonds is 4. The van der Waals surface area contributed by atoms with Crippen LogP contribution in [0.25, 0.3) is 0 Å². The molecule has 0 saturated carbocycles. The van der Waals surface area contributed by atoms with Crippen LogP contribution >= 0.6 is 0 Å². The second-order valence-electron chi connectivity index (χ2n) is 6.58. The summed E-state index contributed by atoms with van der Waals surface area (Å²) >= 11 is 0. The molecule has 1 aliphatic heterocycles. The minimum atomic E-state index is 0.445. The Morgan fingerprint density at radius 3 is 2.68 bits per heavy atom. The molecular formula is C19H28N6. The minimum Gasteiger partial charge on any atom is -0.356 e. The molecular weight excluding hydrogens is 312 g/mol. The normalized spacial score (nSPS) is 16.1. The van der Waals surface area contributed by atoms with Crippen molar-refractivity contribution in [3.63, 3.8) is 0 Å². The van der Waals surface area contributed by atoms with E-state index in [0.717, 1.165) is 49.9 Å². The molecule has 0 atom stereocenters. The highest BCUT2D eigenvalue weighted by atomic mass is 15.2. The lowest BCUT2D eigenvalue weighted by Gasteiger charge is -2.34. The van der Waals surface area contributed by atoms with Crippen molar-refractivity contribution in [2.24, 2.45) is 12.0 Å². The zero-order valence-corrected chi connectivity index (χ0v) is 15.4. The number of aromatic nitrogens is 2. The number of nitrogens with one attached hydrogen (secondary N) is 2. The van der Waals surface area contributed by atoms with Gasteiger partial charge >= 0.3 is 0 Å². The van der Waals surface area contributed by atoms with Gasteiger partial charge in [0.1, 0.15) is 5.82 Å². The number of anilines is 1. The molecule has 0 spiro atoms. The van der Waals surface area contributed by atoms with E-state index in [2.05, 4.69) is 67.6 Å². The number of pyridine rings is 1. The number of piperidine rings is 1. The quantitative estimate of drug-likeness (QED) is 0.661. The number of aliphatic imine (C=N–C) groups is 1. The summed E-state index contributed by atoms with van der Waals surface area (Å²) in [6.07, 6.45) is 4.23. The maximum absolute atomic E-state index is 4.63. The second-order valence-corrected chi connectivity index (χ2v) is 6.58. The monoisotopic (exact) mass is 340 g/mol. The fraction of sp³-hybridized carbons (Fsp3) is 0.474. The van der Waals surface area contributed by atoms with Crippen LogP contribution in [0, 0.1) is 6.92 Å². The number of guanidine groups is 1. The fourth-order valence-corrected chi connectivity index (χ4v) is 3.20. The van der Waals surface area contributed by atoms with Crippen LogP contribution in [0.1, 0.15) is 24.2 Å². The Morgan fingerprint density at radius 2 is 2.04 bits per heavy atom. The fourth-order valence-electron chi connectivity index (χ4n) is 3.20. The Labute approximate surface area is 150 Å². The van der Waals surface area contributed by atoms with Gasteiger partial charge in [0, 0.05) is 50.8 Å². The van der Waals surface area contributed by atoms with Gasteiger partial charge in [0.05, 0.1) is 6.54 Å². The van der Waals surface area contributed by atoms with Crippen molar-refractivity contribution >= 4 is 11.8 Å². The summed E-state index contributed by atoms with van der Waals surface area (Å²) in [5.74, 6) is 1.96. The highest BCUT2D eigenvalue weighted by molar-refractivity contribution is 5.79. The summed E-state index contributed by atoms with van der Waals surface area (Å²) < 4.78 is 2.12. The van der Waals surface area contributed by atoms with Crippen molar-refractivity contribution in [1.29, 1.82) is 0 Å². The highest BCUT2D eigenvalue weighted by Crippen LogP contribution is 2.18. The van der Waals surface area contributed by atoms with Crippen LogP contribution in [0.3, 0.4) is 0 Å². The third-order valence-electron chi connectivity index (χ3n) is 4.75. The van der Waals surface area contributed by atoms with E-state index in [9.17, 15) is 0 Å². The minimum absolute atomic E-state index is 0.445. The van der Waals surface area contributed by atoms with E-state index in [-0.39, 0.29) is 0 Å². The van der Waals surface area contributed by atoms with Crippen LogP contribution in [0.5, 0.6) is 0 Å². The van der Waals surface area contributed by atoms with Gasteiger partial charge in [-0.1, -0.05) is 6.07 Å². The summed E-state index contributed by atoms with van der Waals surface area (Å²) in [5, 5.41) is 6.96. The van der Waals surface area contributed by atoms with Crippen LogP contribution in [-0.2, 0) is 13.6 Å². The maximum Gasteiger partial charge on any atom is 0.191 e. The van der Waals surface area contributed by atoms with E-state index in [4.69, 9.17) is 0 Å². The summed E-state index contributed by atoms with van der Waals surface area (Å²) in [7, 11) is 3.88. The largest absolute Gasteiger partial charge is 0.356 e. The Bertz CT molecular complexity index is 712. The molecule has 0 aliphatic carbocycles. The highest BCUT2D eigenvalue weighted by Gasteiger charge is 2.20. The van der Waals surface area contributed by atoms with Crippen LogP contribution in [0.15, 0.2) is 41.5 Å². The molecule has 25 heavy (non-hydrogen) atoms. The molecule has 2 aromatic rings. The van der Waals surface area contributed by atoms with Gasteiger partial charge in [-0.25, -0.2) is 4.98 Å². The third-order valence-corrected chi connectivity index (χ3v) is 4.75. The van der Waals surface area contributed by atoms with Gasteiger partial charge < -0.3 is 20.1 Å². The first-order valence-corrected chi connectivity index (χ1v) is 8.91. The average molecular weight is 340 g/mol. The predicted molar refractivity (Wildman–Crippen MR) is 103 cm³/mol. The number of nitrogens with zero attached hydrogens (tertiary/aromatic N) is 4. The van der Waals surface area contributed by atoms with Crippen molar-refractivity contribution in [2.75, 3.05) is 25.0 Å². The van der Waals surface area contributed by atoms with E-state index in [1.165, 1.54) is 5.69 Å². The van der Waals surface area contributed by atoms with Crippen molar-refractivity contribution in [2.45, 2.75) is 32.4 Å². The van der Waals surface area contributed by atoms with E-state index < -0.39 is 0 Å². The van der Waals surface area contributed by atoms with Gasteiger partial charge in [-0.15, -0.1) is 0 Å². The lowest BCUT2D eigenvalue weighted by atomic mass is 10.1. The zero-order chi connectivity index (χ0) is 17.6. The summed E-state index contributed by atoms with van der Waals surface area (Å²) in [6, 6.07) is 10.8. The molecule has 3 rings (SSSR count). The summed E-state index contributed by atoms with van der Waals surface area (Å²) in [5.41, 5.74) is 2.31. The molecule has 2 N–H and O–H groups in total. The van der Waals surface area contributed by atoms with Crippen LogP contribution in [0.2, 0.25) is 0 Å². The molecule has 0 bridgehead atoms. The van der Waals surface area contributed by atoms with Crippen molar-refractivity contribution < 1.29 is 0 Å². The van der Waals surface area contributed by atoms with Crippen molar-refractivity contribution in [3.05, 3.63) is 47.9 Å². The lowest BCUT2D eigenvalue weighted by molar-refractivity contribution is 0.459. The molecule has 0 radical (unpaired) electrons. The topological polar surface area (TPSA) is 57.5 Å². The zero-order valence-electron chi connectivity index (χ0n) is 15.4. The van der Waals surface area contributed by atoms with Crippen LogP contribution in [-0.4, -0.2) is 41.7 Å². The molecule has 0 amide bonds. The van der Waals surface area contributed by atoms with Gasteiger partial charge in [-0.3, -0.25) is 4.99 Å². The first kappa shape index (κ1) is 17.3. The van der Waals surface area contributed by atoms with Gasteiger partial charge in [0.25, 0.3) is 0 Å². The molecule has 2 aromatic heterocycles. The first-order chi connectivity index (χ1) is 12.2. The molecule has 0 aromatic carbocycles. The molecule has 3 heterocycles. The predicted octanol–water partition coefficient (Wildman–Crippen LogP) is 2.06. The van der Waals surface area contributed by atoms with Crippen molar-refractivity contribution in [1.82, 2.24) is 20.2 Å². The van der Waals surface area contributed by atoms with Gasteiger partial charge in [0.2, 0.25) is 0 Å². The Morgan fingerprint density at radius 1 is 1.24 bits per heavy atom. The molecule has 1 saturated heterocycles. The number of aryl methyl sites for hydroxylation is 2.